The zero-order valence-electron chi connectivity index (χ0n) is 12.0. The Kier molecular flexibility index (Phi) is 4.07. The molecule has 0 bridgehead atoms. The van der Waals surface area contributed by atoms with Gasteiger partial charge in [-0.15, -0.1) is 0 Å². The second kappa shape index (κ2) is 4.94. The van der Waals surface area contributed by atoms with Crippen LogP contribution >= 0.6 is 0 Å². The maximum Gasteiger partial charge on any atom is 0.336 e. The lowest BCUT2D eigenvalue weighted by atomic mass is 9.94. The molecule has 1 N–H and O–H groups in total. The topological polar surface area (TPSA) is 74.7 Å². The van der Waals surface area contributed by atoms with E-state index >= 15 is 0 Å². The second-order valence-corrected chi connectivity index (χ2v) is 6.89. The minimum Gasteiger partial charge on any atom is -0.478 e. The summed E-state index contributed by atoms with van der Waals surface area (Å²) >= 11 is 0. The third-order valence-electron chi connectivity index (χ3n) is 3.51. The summed E-state index contributed by atoms with van der Waals surface area (Å²) < 4.78 is 25.8. The van der Waals surface area contributed by atoms with Crippen molar-refractivity contribution in [3.05, 3.63) is 27.8 Å². The van der Waals surface area contributed by atoms with Gasteiger partial charge in [-0.3, -0.25) is 0 Å². The quantitative estimate of drug-likeness (QED) is 0.920. The molecule has 0 spiro atoms. The van der Waals surface area contributed by atoms with Gasteiger partial charge >= 0.3 is 5.97 Å². The van der Waals surface area contributed by atoms with E-state index in [4.69, 9.17) is 0 Å². The molecule has 0 radical (unpaired) electrons. The predicted molar refractivity (Wildman–Crippen MR) is 73.2 cm³/mol. The molecule has 1 aromatic rings. The lowest BCUT2D eigenvalue weighted by Gasteiger charge is -2.21. The molecule has 0 saturated heterocycles. The smallest absolute Gasteiger partial charge is 0.336 e. The van der Waals surface area contributed by atoms with Crippen LogP contribution in [0.4, 0.5) is 0 Å². The molecule has 0 atom stereocenters. The van der Waals surface area contributed by atoms with E-state index in [1.54, 1.807) is 27.7 Å². The van der Waals surface area contributed by atoms with Crippen LogP contribution in [0.1, 0.15) is 32.6 Å². The summed E-state index contributed by atoms with van der Waals surface area (Å²) in [5, 5.41) is 9.28. The normalized spacial score (nSPS) is 11.9. The number of nitrogens with zero attached hydrogens (tertiary/aromatic N) is 1. The number of carboxylic acids is 1. The molecule has 0 fully saturated rings. The highest BCUT2D eigenvalue weighted by Crippen LogP contribution is 2.31. The average Bonchev–Trinajstić information content (AvgIpc) is 2.25. The number of rotatable bonds is 3. The molecule has 19 heavy (non-hydrogen) atoms. The lowest BCUT2D eigenvalue weighted by Crippen LogP contribution is -2.25. The van der Waals surface area contributed by atoms with Crippen molar-refractivity contribution in [2.45, 2.75) is 32.6 Å². The zero-order chi connectivity index (χ0) is 15.1. The molecular formula is C13H19NO4S. The predicted octanol–water partition coefficient (Wildman–Crippen LogP) is 1.87. The molecule has 6 heteroatoms. The van der Waals surface area contributed by atoms with Gasteiger partial charge in [0, 0.05) is 14.1 Å². The molecule has 0 amide bonds. The third-order valence-corrected chi connectivity index (χ3v) is 5.60. The monoisotopic (exact) mass is 285 g/mol. The molecule has 5 nitrogen and oxygen atoms in total. The van der Waals surface area contributed by atoms with Crippen LogP contribution in [-0.4, -0.2) is 37.9 Å². The van der Waals surface area contributed by atoms with E-state index in [1.807, 2.05) is 0 Å². The maximum absolute atomic E-state index is 12.3. The molecule has 0 saturated carbocycles. The van der Waals surface area contributed by atoms with Crippen molar-refractivity contribution in [1.29, 1.82) is 0 Å². The minimum atomic E-state index is -3.66. The van der Waals surface area contributed by atoms with Gasteiger partial charge < -0.3 is 5.11 Å². The molecule has 106 valence electrons. The average molecular weight is 285 g/mol. The number of carboxylic acid groups (broad SMARTS) is 1. The van der Waals surface area contributed by atoms with Crippen molar-refractivity contribution in [2.75, 3.05) is 14.1 Å². The first-order valence-corrected chi connectivity index (χ1v) is 7.23. The summed E-state index contributed by atoms with van der Waals surface area (Å²) in [7, 11) is -0.795. The van der Waals surface area contributed by atoms with E-state index < -0.39 is 16.0 Å². The Bertz CT molecular complexity index is 645. The molecule has 1 aromatic carbocycles. The second-order valence-electron chi connectivity index (χ2n) is 4.80. The van der Waals surface area contributed by atoms with Crippen LogP contribution in [-0.2, 0) is 10.0 Å². The molecule has 0 heterocycles. The SMILES string of the molecule is Cc1c(C)c(C(=O)O)c(C)c(S(=O)(=O)N(C)C)c1C. The van der Waals surface area contributed by atoms with Gasteiger partial charge in [-0.25, -0.2) is 17.5 Å². The Labute approximate surface area is 113 Å². The number of benzene rings is 1. The molecule has 0 aliphatic rings. The number of sulfonamides is 1. The van der Waals surface area contributed by atoms with E-state index in [0.29, 0.717) is 22.3 Å². The van der Waals surface area contributed by atoms with Crippen LogP contribution in [0.3, 0.4) is 0 Å². The van der Waals surface area contributed by atoms with Gasteiger partial charge in [0.1, 0.15) is 0 Å². The van der Waals surface area contributed by atoms with E-state index in [-0.39, 0.29) is 10.5 Å². The van der Waals surface area contributed by atoms with Gasteiger partial charge in [-0.1, -0.05) is 0 Å². The van der Waals surface area contributed by atoms with E-state index in [0.717, 1.165) is 4.31 Å². The van der Waals surface area contributed by atoms with Crippen molar-refractivity contribution in [3.8, 4) is 0 Å². The summed E-state index contributed by atoms with van der Waals surface area (Å²) in [6.45, 7) is 6.69. The summed E-state index contributed by atoms with van der Waals surface area (Å²) in [6, 6.07) is 0. The van der Waals surface area contributed by atoms with E-state index in [1.165, 1.54) is 14.1 Å². The van der Waals surface area contributed by atoms with E-state index in [2.05, 4.69) is 0 Å². The van der Waals surface area contributed by atoms with Crippen LogP contribution in [0.15, 0.2) is 4.90 Å². The number of hydrogen-bond acceptors (Lipinski definition) is 3. The Balaban J connectivity index is 3.93. The molecule has 1 rings (SSSR count). The zero-order valence-corrected chi connectivity index (χ0v) is 12.8. The summed E-state index contributed by atoms with van der Waals surface area (Å²) in [4.78, 5) is 11.4. The Morgan fingerprint density at radius 1 is 0.947 bits per heavy atom. The summed E-state index contributed by atoms with van der Waals surface area (Å²) in [5.74, 6) is -1.10. The molecular weight excluding hydrogens is 266 g/mol. The highest BCUT2D eigenvalue weighted by molar-refractivity contribution is 7.89. The van der Waals surface area contributed by atoms with Gasteiger partial charge in [0.25, 0.3) is 0 Å². The van der Waals surface area contributed by atoms with Gasteiger partial charge in [-0.05, 0) is 49.9 Å². The minimum absolute atomic E-state index is 0.0727. The van der Waals surface area contributed by atoms with Gasteiger partial charge in [0.15, 0.2) is 0 Å². The maximum atomic E-state index is 12.3. The molecule has 0 unspecified atom stereocenters. The highest BCUT2D eigenvalue weighted by Gasteiger charge is 2.28. The standard InChI is InChI=1S/C13H19NO4S/c1-7-8(2)11(13(15)16)10(4)12(9(7)3)19(17,18)14(5)6/h1-6H3,(H,15,16). The van der Waals surface area contributed by atoms with Crippen LogP contribution < -0.4 is 0 Å². The first kappa shape index (κ1) is 15.7. The first-order valence-electron chi connectivity index (χ1n) is 5.79. The molecule has 0 aromatic heterocycles. The van der Waals surface area contributed by atoms with Crippen molar-refractivity contribution < 1.29 is 18.3 Å². The number of aromatic carboxylic acids is 1. The van der Waals surface area contributed by atoms with Crippen molar-refractivity contribution in [3.63, 3.8) is 0 Å². The van der Waals surface area contributed by atoms with Gasteiger partial charge in [0.2, 0.25) is 10.0 Å². The largest absolute Gasteiger partial charge is 0.478 e. The van der Waals surface area contributed by atoms with Crippen LogP contribution in [0.5, 0.6) is 0 Å². The Morgan fingerprint density at radius 3 is 1.79 bits per heavy atom. The fourth-order valence-electron chi connectivity index (χ4n) is 2.21. The van der Waals surface area contributed by atoms with Gasteiger partial charge in [0.05, 0.1) is 10.5 Å². The number of hydrogen-bond donors (Lipinski definition) is 1. The molecule has 0 aliphatic carbocycles. The summed E-state index contributed by atoms with van der Waals surface area (Å²) in [5.41, 5.74) is 2.28. The van der Waals surface area contributed by atoms with Crippen LogP contribution in [0.2, 0.25) is 0 Å². The number of carbonyl (C=O) groups is 1. The van der Waals surface area contributed by atoms with Crippen molar-refractivity contribution >= 4 is 16.0 Å². The Morgan fingerprint density at radius 2 is 1.42 bits per heavy atom. The lowest BCUT2D eigenvalue weighted by molar-refractivity contribution is 0.0695. The molecule has 0 aliphatic heterocycles. The fraction of sp³-hybridized carbons (Fsp3) is 0.462. The van der Waals surface area contributed by atoms with Crippen LogP contribution in [0, 0.1) is 27.7 Å². The van der Waals surface area contributed by atoms with Gasteiger partial charge in [-0.2, -0.15) is 0 Å². The summed E-state index contributed by atoms with van der Waals surface area (Å²) in [6.07, 6.45) is 0. The Hall–Kier alpha value is -1.40. The van der Waals surface area contributed by atoms with E-state index in [9.17, 15) is 18.3 Å². The third kappa shape index (κ3) is 2.37. The van der Waals surface area contributed by atoms with Crippen molar-refractivity contribution in [1.82, 2.24) is 4.31 Å². The highest BCUT2D eigenvalue weighted by atomic mass is 32.2. The van der Waals surface area contributed by atoms with Crippen molar-refractivity contribution in [2.24, 2.45) is 0 Å². The van der Waals surface area contributed by atoms with Crippen LogP contribution in [0.25, 0.3) is 0 Å². The fourth-order valence-corrected chi connectivity index (χ4v) is 3.60. The first-order chi connectivity index (χ1) is 8.53.